The van der Waals surface area contributed by atoms with Gasteiger partial charge in [-0.25, -0.2) is 0 Å². The fourth-order valence-corrected chi connectivity index (χ4v) is 2.45. The van der Waals surface area contributed by atoms with E-state index in [1.165, 1.54) is 0 Å². The van der Waals surface area contributed by atoms with Gasteiger partial charge in [-0.3, -0.25) is 0 Å². The van der Waals surface area contributed by atoms with Crippen molar-refractivity contribution in [3.05, 3.63) is 5.28 Å². The molecule has 2 rings (SSSR count). The standard InChI is InChI=1S/C13H22ClN5O/c1-4-5-13(2,3)18-11-15-10(14)16-12(17-11)19-6-8-20-9-7-19/h4-9H2,1-3H3,(H,15,16,17,18). The lowest BCUT2D eigenvalue weighted by Crippen LogP contribution is -2.38. The monoisotopic (exact) mass is 299 g/mol. The molecule has 0 amide bonds. The molecule has 0 saturated carbocycles. The van der Waals surface area contributed by atoms with Gasteiger partial charge >= 0.3 is 0 Å². The molecule has 0 aromatic carbocycles. The lowest BCUT2D eigenvalue weighted by atomic mass is 9.99. The van der Waals surface area contributed by atoms with Crippen molar-refractivity contribution >= 4 is 23.5 Å². The van der Waals surface area contributed by atoms with Crippen LogP contribution in [-0.4, -0.2) is 46.8 Å². The Morgan fingerprint density at radius 2 is 1.95 bits per heavy atom. The topological polar surface area (TPSA) is 63.2 Å². The van der Waals surface area contributed by atoms with Crippen molar-refractivity contribution in [1.82, 2.24) is 15.0 Å². The van der Waals surface area contributed by atoms with Crippen molar-refractivity contribution in [2.24, 2.45) is 0 Å². The Labute approximate surface area is 124 Å². The van der Waals surface area contributed by atoms with E-state index in [2.05, 4.69) is 45.9 Å². The fraction of sp³-hybridized carbons (Fsp3) is 0.769. The molecule has 0 radical (unpaired) electrons. The normalized spacial score (nSPS) is 16.3. The number of ether oxygens (including phenoxy) is 1. The van der Waals surface area contributed by atoms with Crippen molar-refractivity contribution in [2.45, 2.75) is 39.2 Å². The van der Waals surface area contributed by atoms with Crippen molar-refractivity contribution in [3.8, 4) is 0 Å². The zero-order chi connectivity index (χ0) is 14.6. The number of halogens is 1. The number of nitrogens with one attached hydrogen (secondary N) is 1. The number of hydrogen-bond donors (Lipinski definition) is 1. The van der Waals surface area contributed by atoms with E-state index in [-0.39, 0.29) is 10.8 Å². The highest BCUT2D eigenvalue weighted by Crippen LogP contribution is 2.20. The van der Waals surface area contributed by atoms with Gasteiger partial charge in [-0.1, -0.05) is 13.3 Å². The van der Waals surface area contributed by atoms with E-state index in [4.69, 9.17) is 16.3 Å². The van der Waals surface area contributed by atoms with Crippen LogP contribution < -0.4 is 10.2 Å². The predicted molar refractivity (Wildman–Crippen MR) is 80.5 cm³/mol. The summed E-state index contributed by atoms with van der Waals surface area (Å²) in [6, 6.07) is 0. The summed E-state index contributed by atoms with van der Waals surface area (Å²) < 4.78 is 5.33. The Kier molecular flexibility index (Phi) is 4.99. The van der Waals surface area contributed by atoms with Gasteiger partial charge in [-0.15, -0.1) is 0 Å². The molecule has 1 N–H and O–H groups in total. The Hall–Kier alpha value is -1.14. The van der Waals surface area contributed by atoms with Gasteiger partial charge in [0.05, 0.1) is 13.2 Å². The quantitative estimate of drug-likeness (QED) is 0.900. The number of rotatable bonds is 5. The Balaban J connectivity index is 2.15. The zero-order valence-electron chi connectivity index (χ0n) is 12.3. The maximum absolute atomic E-state index is 6.02. The van der Waals surface area contributed by atoms with Gasteiger partial charge in [-0.05, 0) is 31.9 Å². The number of anilines is 2. The van der Waals surface area contributed by atoms with Crippen molar-refractivity contribution < 1.29 is 4.74 Å². The summed E-state index contributed by atoms with van der Waals surface area (Å²) in [5.74, 6) is 1.15. The molecule has 0 spiro atoms. The summed E-state index contributed by atoms with van der Waals surface area (Å²) in [5, 5.41) is 3.55. The second-order valence-electron chi connectivity index (χ2n) is 5.59. The van der Waals surface area contributed by atoms with E-state index < -0.39 is 0 Å². The minimum Gasteiger partial charge on any atom is -0.378 e. The largest absolute Gasteiger partial charge is 0.378 e. The first-order valence-electron chi connectivity index (χ1n) is 7.02. The zero-order valence-corrected chi connectivity index (χ0v) is 13.1. The number of nitrogens with zero attached hydrogens (tertiary/aromatic N) is 4. The number of aromatic nitrogens is 3. The molecule has 1 saturated heterocycles. The molecular formula is C13H22ClN5O. The molecule has 0 unspecified atom stereocenters. The second-order valence-corrected chi connectivity index (χ2v) is 5.92. The van der Waals surface area contributed by atoms with Gasteiger partial charge in [0.2, 0.25) is 17.2 Å². The molecule has 2 heterocycles. The molecule has 1 aromatic rings. The third-order valence-electron chi connectivity index (χ3n) is 3.22. The summed E-state index contributed by atoms with van der Waals surface area (Å²) in [6.45, 7) is 9.34. The average molecular weight is 300 g/mol. The van der Waals surface area contributed by atoms with E-state index in [0.29, 0.717) is 25.1 Å². The smallest absolute Gasteiger partial charge is 0.231 e. The Morgan fingerprint density at radius 3 is 2.60 bits per heavy atom. The van der Waals surface area contributed by atoms with E-state index in [9.17, 15) is 0 Å². The van der Waals surface area contributed by atoms with Crippen LogP contribution in [0, 0.1) is 0 Å². The van der Waals surface area contributed by atoms with Crippen LogP contribution >= 0.6 is 11.6 Å². The molecule has 1 fully saturated rings. The van der Waals surface area contributed by atoms with E-state index >= 15 is 0 Å². The lowest BCUT2D eigenvalue weighted by molar-refractivity contribution is 0.122. The van der Waals surface area contributed by atoms with Crippen molar-refractivity contribution in [2.75, 3.05) is 36.5 Å². The highest BCUT2D eigenvalue weighted by atomic mass is 35.5. The molecule has 0 bridgehead atoms. The third kappa shape index (κ3) is 4.18. The summed E-state index contributed by atoms with van der Waals surface area (Å²) in [5.41, 5.74) is -0.0677. The van der Waals surface area contributed by atoms with Gasteiger partial charge < -0.3 is 15.0 Å². The first-order valence-corrected chi connectivity index (χ1v) is 7.40. The molecule has 1 aliphatic rings. The number of morpholine rings is 1. The van der Waals surface area contributed by atoms with Gasteiger partial charge in [0.1, 0.15) is 0 Å². The van der Waals surface area contributed by atoms with E-state index in [1.54, 1.807) is 0 Å². The van der Waals surface area contributed by atoms with Gasteiger partial charge in [0.25, 0.3) is 0 Å². The first-order chi connectivity index (χ1) is 9.50. The second kappa shape index (κ2) is 6.54. The van der Waals surface area contributed by atoms with Crippen LogP contribution in [0.5, 0.6) is 0 Å². The van der Waals surface area contributed by atoms with E-state index in [0.717, 1.165) is 25.9 Å². The van der Waals surface area contributed by atoms with Gasteiger partial charge in [-0.2, -0.15) is 15.0 Å². The highest BCUT2D eigenvalue weighted by Gasteiger charge is 2.20. The molecular weight excluding hydrogens is 278 g/mol. The summed E-state index contributed by atoms with van der Waals surface area (Å²) in [6.07, 6.45) is 2.12. The number of hydrogen-bond acceptors (Lipinski definition) is 6. The van der Waals surface area contributed by atoms with Crippen LogP contribution in [0.25, 0.3) is 0 Å². The minimum absolute atomic E-state index is 0.0677. The summed E-state index contributed by atoms with van der Waals surface area (Å²) in [7, 11) is 0. The van der Waals surface area contributed by atoms with Crippen LogP contribution in [0.1, 0.15) is 33.6 Å². The maximum atomic E-state index is 6.02. The molecule has 112 valence electrons. The Morgan fingerprint density at radius 1 is 1.25 bits per heavy atom. The van der Waals surface area contributed by atoms with Crippen LogP contribution in [0.15, 0.2) is 0 Å². The third-order valence-corrected chi connectivity index (χ3v) is 3.38. The molecule has 0 aliphatic carbocycles. The van der Waals surface area contributed by atoms with Crippen LogP contribution in [0.2, 0.25) is 5.28 Å². The molecule has 6 nitrogen and oxygen atoms in total. The highest BCUT2D eigenvalue weighted by molar-refractivity contribution is 6.28. The van der Waals surface area contributed by atoms with Crippen LogP contribution in [-0.2, 0) is 4.74 Å². The fourth-order valence-electron chi connectivity index (χ4n) is 2.29. The molecule has 20 heavy (non-hydrogen) atoms. The van der Waals surface area contributed by atoms with Gasteiger partial charge in [0.15, 0.2) is 0 Å². The Bertz CT molecular complexity index is 448. The maximum Gasteiger partial charge on any atom is 0.231 e. The van der Waals surface area contributed by atoms with Crippen molar-refractivity contribution in [1.29, 1.82) is 0 Å². The summed E-state index contributed by atoms with van der Waals surface area (Å²) >= 11 is 6.02. The van der Waals surface area contributed by atoms with Gasteiger partial charge in [0, 0.05) is 18.6 Å². The molecule has 1 aromatic heterocycles. The van der Waals surface area contributed by atoms with Crippen LogP contribution in [0.4, 0.5) is 11.9 Å². The predicted octanol–water partition coefficient (Wildman–Crippen LogP) is 2.35. The minimum atomic E-state index is -0.0677. The molecule has 0 atom stereocenters. The molecule has 7 heteroatoms. The SMILES string of the molecule is CCCC(C)(C)Nc1nc(Cl)nc(N2CCOCC2)n1. The average Bonchev–Trinajstić information content (AvgIpc) is 2.38. The van der Waals surface area contributed by atoms with E-state index in [1.807, 2.05) is 0 Å². The first kappa shape index (κ1) is 15.3. The summed E-state index contributed by atoms with van der Waals surface area (Å²) in [4.78, 5) is 14.9. The van der Waals surface area contributed by atoms with Crippen LogP contribution in [0.3, 0.4) is 0 Å². The van der Waals surface area contributed by atoms with Crippen molar-refractivity contribution in [3.63, 3.8) is 0 Å². The lowest BCUT2D eigenvalue weighted by Gasteiger charge is -2.28. The molecule has 1 aliphatic heterocycles.